The molecule has 0 atom stereocenters. The van der Waals surface area contributed by atoms with Crippen LogP contribution in [0.5, 0.6) is 11.6 Å². The van der Waals surface area contributed by atoms with Crippen LogP contribution < -0.4 is 15.4 Å². The van der Waals surface area contributed by atoms with E-state index in [2.05, 4.69) is 21.7 Å². The molecule has 3 heterocycles. The van der Waals surface area contributed by atoms with Crippen molar-refractivity contribution in [2.75, 3.05) is 30.5 Å². The van der Waals surface area contributed by atoms with Gasteiger partial charge in [0.25, 0.3) is 0 Å². The van der Waals surface area contributed by atoms with Gasteiger partial charge in [-0.2, -0.15) is 0 Å². The monoisotopic (exact) mass is 465 g/mol. The van der Waals surface area contributed by atoms with Gasteiger partial charge in [-0.3, -0.25) is 0 Å². The molecule has 4 aromatic rings. The van der Waals surface area contributed by atoms with Crippen molar-refractivity contribution in [1.29, 1.82) is 0 Å². The van der Waals surface area contributed by atoms with E-state index in [9.17, 15) is 5.11 Å². The SMILES string of the molecule is OCCn1c(NCc2ccc(Oc3ccc(Cl)cn3)cc2)nc2ccc(NC3COC3)cc21. The minimum atomic E-state index is 0.0268. The second-order valence-electron chi connectivity index (χ2n) is 7.81. The summed E-state index contributed by atoms with van der Waals surface area (Å²) in [7, 11) is 0. The number of pyridine rings is 1. The number of halogens is 1. The lowest BCUT2D eigenvalue weighted by molar-refractivity contribution is 0.0211. The Labute approximate surface area is 196 Å². The van der Waals surface area contributed by atoms with E-state index >= 15 is 0 Å². The summed E-state index contributed by atoms with van der Waals surface area (Å²) < 4.78 is 13.0. The van der Waals surface area contributed by atoms with E-state index in [0.717, 1.165) is 35.5 Å². The number of aromatic nitrogens is 3. The van der Waals surface area contributed by atoms with Gasteiger partial charge in [0, 0.05) is 31.0 Å². The van der Waals surface area contributed by atoms with E-state index in [1.54, 1.807) is 18.3 Å². The van der Waals surface area contributed by atoms with Crippen LogP contribution >= 0.6 is 11.6 Å². The number of fused-ring (bicyclic) bond motifs is 1. The highest BCUT2D eigenvalue weighted by molar-refractivity contribution is 6.30. The van der Waals surface area contributed by atoms with E-state index in [0.29, 0.717) is 41.7 Å². The molecule has 0 spiro atoms. The Balaban J connectivity index is 1.28. The number of benzene rings is 2. The lowest BCUT2D eigenvalue weighted by Crippen LogP contribution is -2.40. The second-order valence-corrected chi connectivity index (χ2v) is 8.24. The summed E-state index contributed by atoms with van der Waals surface area (Å²) in [6.45, 7) is 2.51. The largest absolute Gasteiger partial charge is 0.439 e. The number of rotatable bonds is 9. The van der Waals surface area contributed by atoms with Crippen LogP contribution in [0, 0.1) is 0 Å². The first-order valence-electron chi connectivity index (χ1n) is 10.8. The van der Waals surface area contributed by atoms with Gasteiger partial charge in [-0.1, -0.05) is 23.7 Å². The van der Waals surface area contributed by atoms with E-state index in [1.807, 2.05) is 41.0 Å². The van der Waals surface area contributed by atoms with Crippen LogP contribution in [0.4, 0.5) is 11.6 Å². The summed E-state index contributed by atoms with van der Waals surface area (Å²) in [5.41, 5.74) is 3.94. The predicted molar refractivity (Wildman–Crippen MR) is 128 cm³/mol. The molecular formula is C24H24ClN5O3. The van der Waals surface area contributed by atoms with Gasteiger partial charge in [0.1, 0.15) is 5.75 Å². The molecule has 2 aromatic carbocycles. The van der Waals surface area contributed by atoms with Crippen LogP contribution in [0.25, 0.3) is 11.0 Å². The molecular weight excluding hydrogens is 442 g/mol. The summed E-state index contributed by atoms with van der Waals surface area (Å²) in [6.07, 6.45) is 1.55. The van der Waals surface area contributed by atoms with Gasteiger partial charge < -0.3 is 29.8 Å². The normalized spacial score (nSPS) is 13.6. The number of nitrogens with zero attached hydrogens (tertiary/aromatic N) is 3. The van der Waals surface area contributed by atoms with Gasteiger partial charge in [-0.15, -0.1) is 0 Å². The second kappa shape index (κ2) is 9.66. The number of aliphatic hydroxyl groups excluding tert-OH is 1. The van der Waals surface area contributed by atoms with Crippen molar-refractivity contribution < 1.29 is 14.6 Å². The molecule has 1 fully saturated rings. The van der Waals surface area contributed by atoms with Crippen LogP contribution in [-0.2, 0) is 17.8 Å². The Morgan fingerprint density at radius 2 is 1.97 bits per heavy atom. The molecule has 0 amide bonds. The lowest BCUT2D eigenvalue weighted by Gasteiger charge is -2.27. The van der Waals surface area contributed by atoms with Crippen LogP contribution in [0.2, 0.25) is 5.02 Å². The lowest BCUT2D eigenvalue weighted by atomic mass is 10.2. The molecule has 9 heteroatoms. The first-order chi connectivity index (χ1) is 16.2. The van der Waals surface area contributed by atoms with Crippen molar-refractivity contribution >= 4 is 34.3 Å². The Bertz CT molecular complexity index is 1220. The molecule has 3 N–H and O–H groups in total. The molecule has 2 aromatic heterocycles. The first kappa shape index (κ1) is 21.5. The van der Waals surface area contributed by atoms with Gasteiger partial charge >= 0.3 is 0 Å². The molecule has 8 nitrogen and oxygen atoms in total. The Morgan fingerprint density at radius 1 is 1.12 bits per heavy atom. The third kappa shape index (κ3) is 5.03. The third-order valence-corrected chi connectivity index (χ3v) is 5.60. The zero-order chi connectivity index (χ0) is 22.6. The summed E-state index contributed by atoms with van der Waals surface area (Å²) in [5, 5.41) is 17.0. The molecule has 0 aliphatic carbocycles. The van der Waals surface area contributed by atoms with Crippen LogP contribution in [0.1, 0.15) is 5.56 Å². The zero-order valence-electron chi connectivity index (χ0n) is 17.9. The minimum Gasteiger partial charge on any atom is -0.439 e. The highest BCUT2D eigenvalue weighted by atomic mass is 35.5. The summed E-state index contributed by atoms with van der Waals surface area (Å²) in [4.78, 5) is 8.87. The van der Waals surface area contributed by atoms with Gasteiger partial charge in [0.15, 0.2) is 0 Å². The summed E-state index contributed by atoms with van der Waals surface area (Å²) in [5.74, 6) is 1.90. The molecule has 5 rings (SSSR count). The number of imidazole rings is 1. The van der Waals surface area contributed by atoms with Crippen molar-refractivity contribution in [3.8, 4) is 11.6 Å². The Hall–Kier alpha value is -3.33. The topological polar surface area (TPSA) is 93.5 Å². The van der Waals surface area contributed by atoms with Gasteiger partial charge in [-0.25, -0.2) is 9.97 Å². The molecule has 0 bridgehead atoms. The number of aliphatic hydroxyl groups is 1. The van der Waals surface area contributed by atoms with Crippen molar-refractivity contribution in [2.24, 2.45) is 0 Å². The van der Waals surface area contributed by atoms with Crippen LogP contribution in [-0.4, -0.2) is 45.5 Å². The molecule has 1 aliphatic heterocycles. The maximum absolute atomic E-state index is 9.60. The fraction of sp³-hybridized carbons (Fsp3) is 0.250. The first-order valence-corrected chi connectivity index (χ1v) is 11.1. The number of ether oxygens (including phenoxy) is 2. The molecule has 170 valence electrons. The van der Waals surface area contributed by atoms with E-state index in [1.165, 1.54) is 0 Å². The number of hydrogen-bond donors (Lipinski definition) is 3. The fourth-order valence-electron chi connectivity index (χ4n) is 3.63. The van der Waals surface area contributed by atoms with Crippen molar-refractivity contribution in [1.82, 2.24) is 14.5 Å². The van der Waals surface area contributed by atoms with E-state index in [-0.39, 0.29) is 6.61 Å². The zero-order valence-corrected chi connectivity index (χ0v) is 18.6. The smallest absolute Gasteiger partial charge is 0.219 e. The van der Waals surface area contributed by atoms with E-state index in [4.69, 9.17) is 26.1 Å². The molecule has 1 aliphatic rings. The van der Waals surface area contributed by atoms with Crippen molar-refractivity contribution in [2.45, 2.75) is 19.1 Å². The summed E-state index contributed by atoms with van der Waals surface area (Å²) in [6, 6.07) is 17.7. The Morgan fingerprint density at radius 3 is 2.67 bits per heavy atom. The summed E-state index contributed by atoms with van der Waals surface area (Å²) >= 11 is 5.86. The maximum Gasteiger partial charge on any atom is 0.219 e. The van der Waals surface area contributed by atoms with Gasteiger partial charge in [0.05, 0.1) is 41.9 Å². The number of nitrogens with one attached hydrogen (secondary N) is 2. The highest BCUT2D eigenvalue weighted by Crippen LogP contribution is 2.25. The standard InChI is InChI=1S/C24H24ClN5O3/c25-17-3-8-23(26-13-17)33-20-5-1-16(2-6-20)12-27-24-29-21-7-4-18(28-19-14-32-15-19)11-22(21)30(24)9-10-31/h1-8,11,13,19,28,31H,9-10,12,14-15H2,(H,27,29). The van der Waals surface area contributed by atoms with E-state index < -0.39 is 0 Å². The van der Waals surface area contributed by atoms with Gasteiger partial charge in [0.2, 0.25) is 11.8 Å². The average Bonchev–Trinajstić information content (AvgIpc) is 3.14. The third-order valence-electron chi connectivity index (χ3n) is 5.38. The Kier molecular flexibility index (Phi) is 6.30. The molecule has 33 heavy (non-hydrogen) atoms. The predicted octanol–water partition coefficient (Wildman–Crippen LogP) is 4.29. The number of anilines is 2. The quantitative estimate of drug-likeness (QED) is 0.339. The fourth-order valence-corrected chi connectivity index (χ4v) is 3.74. The van der Waals surface area contributed by atoms with Gasteiger partial charge in [-0.05, 0) is 42.0 Å². The van der Waals surface area contributed by atoms with Crippen LogP contribution in [0.15, 0.2) is 60.8 Å². The molecule has 0 unspecified atom stereocenters. The number of hydrogen-bond acceptors (Lipinski definition) is 7. The maximum atomic E-state index is 9.60. The van der Waals surface area contributed by atoms with Crippen molar-refractivity contribution in [3.63, 3.8) is 0 Å². The molecule has 0 saturated carbocycles. The molecule has 1 saturated heterocycles. The average molecular weight is 466 g/mol. The van der Waals surface area contributed by atoms with Crippen molar-refractivity contribution in [3.05, 3.63) is 71.4 Å². The highest BCUT2D eigenvalue weighted by Gasteiger charge is 2.18. The van der Waals surface area contributed by atoms with Crippen LogP contribution in [0.3, 0.4) is 0 Å². The minimum absolute atomic E-state index is 0.0268. The molecule has 0 radical (unpaired) electrons.